The van der Waals surface area contributed by atoms with Gasteiger partial charge < -0.3 is 20.1 Å². The Balaban J connectivity index is 0.00000576. The molecular weight excluding hydrogens is 344 g/mol. The lowest BCUT2D eigenvalue weighted by Gasteiger charge is -2.17. The average molecular weight is 373 g/mol. The number of anilines is 1. The van der Waals surface area contributed by atoms with Crippen LogP contribution in [0.4, 0.5) is 5.69 Å². The summed E-state index contributed by atoms with van der Waals surface area (Å²) < 4.78 is 5.07. The molecule has 25 heavy (non-hydrogen) atoms. The van der Waals surface area contributed by atoms with Gasteiger partial charge in [0.2, 0.25) is 5.91 Å². The Labute approximate surface area is 156 Å². The number of carbonyl (C=O) groups excluding carboxylic acids is 2. The standard InChI is InChI=1S/C18H28N2O4.ClH/c1-4-7-12-24-18(23)15-9-8-14(13-16(15)21)19-17(22)10-11-20(5-2)6-3;/h8-9,13,21H,4-7,10-12H2,1-3H3,(H,19,22);1H. The second-order valence-electron chi connectivity index (χ2n) is 5.55. The minimum Gasteiger partial charge on any atom is -0.507 e. The highest BCUT2D eigenvalue weighted by Gasteiger charge is 2.14. The number of rotatable bonds is 10. The van der Waals surface area contributed by atoms with Crippen LogP contribution >= 0.6 is 12.4 Å². The number of nitrogens with one attached hydrogen (secondary N) is 1. The molecule has 0 aliphatic rings. The Morgan fingerprint density at radius 2 is 1.88 bits per heavy atom. The number of ether oxygens (including phenoxy) is 1. The van der Waals surface area contributed by atoms with E-state index in [0.717, 1.165) is 25.9 Å². The minimum absolute atomic E-state index is 0. The number of unbranched alkanes of at least 4 members (excludes halogenated alkanes) is 1. The smallest absolute Gasteiger partial charge is 0.341 e. The zero-order chi connectivity index (χ0) is 17.9. The summed E-state index contributed by atoms with van der Waals surface area (Å²) in [5.74, 6) is -0.877. The summed E-state index contributed by atoms with van der Waals surface area (Å²) >= 11 is 0. The number of phenolic OH excluding ortho intramolecular Hbond substituents is 1. The maximum Gasteiger partial charge on any atom is 0.341 e. The number of hydrogen-bond donors (Lipinski definition) is 2. The first-order valence-electron chi connectivity index (χ1n) is 8.54. The molecule has 0 spiro atoms. The third-order valence-electron chi connectivity index (χ3n) is 3.78. The summed E-state index contributed by atoms with van der Waals surface area (Å²) in [5, 5.41) is 12.7. The molecule has 0 unspecified atom stereocenters. The van der Waals surface area contributed by atoms with Crippen molar-refractivity contribution >= 4 is 30.0 Å². The van der Waals surface area contributed by atoms with Gasteiger partial charge >= 0.3 is 5.97 Å². The summed E-state index contributed by atoms with van der Waals surface area (Å²) in [6.45, 7) is 8.93. The van der Waals surface area contributed by atoms with Crippen molar-refractivity contribution in [3.63, 3.8) is 0 Å². The highest BCUT2D eigenvalue weighted by atomic mass is 35.5. The van der Waals surface area contributed by atoms with Crippen molar-refractivity contribution < 1.29 is 19.4 Å². The van der Waals surface area contributed by atoms with Crippen molar-refractivity contribution in [2.75, 3.05) is 31.6 Å². The Hall–Kier alpha value is -1.79. The molecule has 7 heteroatoms. The van der Waals surface area contributed by atoms with E-state index in [1.165, 1.54) is 12.1 Å². The van der Waals surface area contributed by atoms with Crippen LogP contribution in [0.25, 0.3) is 0 Å². The van der Waals surface area contributed by atoms with E-state index in [4.69, 9.17) is 4.74 Å². The Kier molecular flexibility index (Phi) is 11.7. The topological polar surface area (TPSA) is 78.9 Å². The van der Waals surface area contributed by atoms with Crippen molar-refractivity contribution in [3.8, 4) is 5.75 Å². The Bertz CT molecular complexity index is 548. The van der Waals surface area contributed by atoms with Crippen molar-refractivity contribution in [2.24, 2.45) is 0 Å². The van der Waals surface area contributed by atoms with Crippen molar-refractivity contribution in [2.45, 2.75) is 40.0 Å². The maximum absolute atomic E-state index is 11.9. The van der Waals surface area contributed by atoms with E-state index in [1.54, 1.807) is 6.07 Å². The van der Waals surface area contributed by atoms with Crippen molar-refractivity contribution in [1.29, 1.82) is 0 Å². The van der Waals surface area contributed by atoms with Gasteiger partial charge in [0.15, 0.2) is 0 Å². The molecule has 0 bridgehead atoms. The SMILES string of the molecule is CCCCOC(=O)c1ccc(NC(=O)CCN(CC)CC)cc1O.Cl. The summed E-state index contributed by atoms with van der Waals surface area (Å²) in [6, 6.07) is 4.42. The average Bonchev–Trinajstić information content (AvgIpc) is 2.56. The molecule has 0 fully saturated rings. The van der Waals surface area contributed by atoms with Crippen LogP contribution in [0.3, 0.4) is 0 Å². The third kappa shape index (κ3) is 8.23. The van der Waals surface area contributed by atoms with Crippen LogP contribution in [0, 0.1) is 0 Å². The molecule has 0 atom stereocenters. The molecule has 0 aliphatic heterocycles. The van der Waals surface area contributed by atoms with Crippen LogP contribution < -0.4 is 5.32 Å². The fourth-order valence-electron chi connectivity index (χ4n) is 2.19. The molecule has 1 amide bonds. The van der Waals surface area contributed by atoms with Gasteiger partial charge in [-0.05, 0) is 31.6 Å². The fourth-order valence-corrected chi connectivity index (χ4v) is 2.19. The minimum atomic E-state index is -0.555. The van der Waals surface area contributed by atoms with Gasteiger partial charge in [0.1, 0.15) is 11.3 Å². The molecule has 0 radical (unpaired) electrons. The lowest BCUT2D eigenvalue weighted by Crippen LogP contribution is -2.27. The number of amides is 1. The summed E-state index contributed by atoms with van der Waals surface area (Å²) in [6.07, 6.45) is 2.09. The van der Waals surface area contributed by atoms with Crippen LogP contribution in [0.2, 0.25) is 0 Å². The van der Waals surface area contributed by atoms with Gasteiger partial charge in [0.25, 0.3) is 0 Å². The quantitative estimate of drug-likeness (QED) is 0.486. The number of phenols is 1. The predicted molar refractivity (Wildman–Crippen MR) is 102 cm³/mol. The highest BCUT2D eigenvalue weighted by Crippen LogP contribution is 2.23. The normalized spacial score (nSPS) is 10.2. The first-order valence-corrected chi connectivity index (χ1v) is 8.54. The van der Waals surface area contributed by atoms with Gasteiger partial charge in [0.05, 0.1) is 6.61 Å². The van der Waals surface area contributed by atoms with E-state index in [2.05, 4.69) is 24.1 Å². The van der Waals surface area contributed by atoms with Crippen LogP contribution in [0.15, 0.2) is 18.2 Å². The maximum atomic E-state index is 11.9. The molecule has 0 aromatic heterocycles. The second-order valence-corrected chi connectivity index (χ2v) is 5.55. The number of nitrogens with zero attached hydrogens (tertiary/aromatic N) is 1. The molecule has 142 valence electrons. The predicted octanol–water partition coefficient (Wildman–Crippen LogP) is 3.44. The number of aromatic hydroxyl groups is 1. The molecule has 1 aromatic rings. The molecule has 1 rings (SSSR count). The molecule has 2 N–H and O–H groups in total. The Morgan fingerprint density at radius 3 is 2.44 bits per heavy atom. The van der Waals surface area contributed by atoms with Gasteiger partial charge in [-0.25, -0.2) is 4.79 Å². The van der Waals surface area contributed by atoms with Crippen molar-refractivity contribution in [3.05, 3.63) is 23.8 Å². The molecule has 0 saturated carbocycles. The Morgan fingerprint density at radius 1 is 1.20 bits per heavy atom. The molecule has 6 nitrogen and oxygen atoms in total. The summed E-state index contributed by atoms with van der Waals surface area (Å²) in [4.78, 5) is 25.9. The van der Waals surface area contributed by atoms with Crippen LogP contribution in [-0.2, 0) is 9.53 Å². The van der Waals surface area contributed by atoms with E-state index < -0.39 is 5.97 Å². The van der Waals surface area contributed by atoms with E-state index >= 15 is 0 Å². The van der Waals surface area contributed by atoms with Gasteiger partial charge in [-0.15, -0.1) is 12.4 Å². The van der Waals surface area contributed by atoms with Crippen LogP contribution in [0.1, 0.15) is 50.4 Å². The van der Waals surface area contributed by atoms with Gasteiger partial charge in [-0.3, -0.25) is 4.79 Å². The molecular formula is C18H29ClN2O4. The van der Waals surface area contributed by atoms with E-state index in [-0.39, 0.29) is 29.6 Å². The first-order chi connectivity index (χ1) is 11.5. The first kappa shape index (κ1) is 23.2. The number of hydrogen-bond acceptors (Lipinski definition) is 5. The number of halogens is 1. The van der Waals surface area contributed by atoms with E-state index in [9.17, 15) is 14.7 Å². The number of esters is 1. The zero-order valence-corrected chi connectivity index (χ0v) is 16.0. The molecule has 1 aromatic carbocycles. The van der Waals surface area contributed by atoms with Crippen LogP contribution in [-0.4, -0.2) is 48.1 Å². The number of benzene rings is 1. The van der Waals surface area contributed by atoms with Crippen molar-refractivity contribution in [1.82, 2.24) is 4.90 Å². The van der Waals surface area contributed by atoms with Crippen LogP contribution in [0.5, 0.6) is 5.75 Å². The zero-order valence-electron chi connectivity index (χ0n) is 15.2. The molecule has 0 aliphatic carbocycles. The lowest BCUT2D eigenvalue weighted by molar-refractivity contribution is -0.116. The molecule has 0 saturated heterocycles. The fraction of sp³-hybridized carbons (Fsp3) is 0.556. The summed E-state index contributed by atoms with van der Waals surface area (Å²) in [5.41, 5.74) is 0.564. The number of carbonyl (C=O) groups is 2. The second kappa shape index (κ2) is 12.6. The van der Waals surface area contributed by atoms with Gasteiger partial charge in [-0.2, -0.15) is 0 Å². The third-order valence-corrected chi connectivity index (χ3v) is 3.78. The monoisotopic (exact) mass is 372 g/mol. The largest absolute Gasteiger partial charge is 0.507 e. The van der Waals surface area contributed by atoms with E-state index in [1.807, 2.05) is 6.92 Å². The summed E-state index contributed by atoms with van der Waals surface area (Å²) in [7, 11) is 0. The lowest BCUT2D eigenvalue weighted by atomic mass is 10.1. The molecule has 0 heterocycles. The van der Waals surface area contributed by atoms with Gasteiger partial charge in [0, 0.05) is 24.7 Å². The van der Waals surface area contributed by atoms with E-state index in [0.29, 0.717) is 25.3 Å². The van der Waals surface area contributed by atoms with Gasteiger partial charge in [-0.1, -0.05) is 27.2 Å². The highest BCUT2D eigenvalue weighted by molar-refractivity contribution is 5.95.